The third-order valence-corrected chi connectivity index (χ3v) is 2.64. The van der Waals surface area contributed by atoms with E-state index in [0.29, 0.717) is 6.04 Å². The molecule has 1 aromatic heterocycles. The monoisotopic (exact) mass is 206 g/mol. The highest BCUT2D eigenvalue weighted by Gasteiger charge is 2.13. The van der Waals surface area contributed by atoms with Crippen LogP contribution in [0.4, 0.5) is 5.82 Å². The molecule has 0 aliphatic heterocycles. The Balaban J connectivity index is 2.73. The molecule has 0 aliphatic rings. The van der Waals surface area contributed by atoms with E-state index in [9.17, 15) is 0 Å². The van der Waals surface area contributed by atoms with Crippen LogP contribution in [0.5, 0.6) is 0 Å². The molecule has 1 aromatic rings. The second-order valence-corrected chi connectivity index (χ2v) is 5.14. The maximum atomic E-state index is 4.42. The van der Waals surface area contributed by atoms with Gasteiger partial charge in [-0.05, 0) is 30.4 Å². The fourth-order valence-corrected chi connectivity index (χ4v) is 1.28. The molecule has 0 aliphatic carbocycles. The van der Waals surface area contributed by atoms with Crippen LogP contribution in [0.15, 0.2) is 18.3 Å². The van der Waals surface area contributed by atoms with Gasteiger partial charge in [-0.25, -0.2) is 4.98 Å². The molecule has 1 heterocycles. The molecular weight excluding hydrogens is 184 g/mol. The summed E-state index contributed by atoms with van der Waals surface area (Å²) in [5, 5.41) is 3.36. The van der Waals surface area contributed by atoms with E-state index >= 15 is 0 Å². The molecule has 0 amide bonds. The summed E-state index contributed by atoms with van der Waals surface area (Å²) in [5.74, 6) is 0.970. The predicted molar refractivity (Wildman–Crippen MR) is 66.3 cm³/mol. The van der Waals surface area contributed by atoms with E-state index in [0.717, 1.165) is 12.2 Å². The summed E-state index contributed by atoms with van der Waals surface area (Å²) >= 11 is 0. The number of hydrogen-bond acceptors (Lipinski definition) is 2. The van der Waals surface area contributed by atoms with E-state index in [-0.39, 0.29) is 5.41 Å². The van der Waals surface area contributed by atoms with E-state index in [1.165, 1.54) is 5.56 Å². The molecule has 2 nitrogen and oxygen atoms in total. The Kier molecular flexibility index (Phi) is 3.72. The topological polar surface area (TPSA) is 24.9 Å². The lowest BCUT2D eigenvalue weighted by Gasteiger charge is -2.19. The molecule has 84 valence electrons. The summed E-state index contributed by atoms with van der Waals surface area (Å²) < 4.78 is 0. The van der Waals surface area contributed by atoms with Crippen molar-refractivity contribution in [3.05, 3.63) is 23.9 Å². The normalized spacial score (nSPS) is 13.7. The van der Waals surface area contributed by atoms with Gasteiger partial charge >= 0.3 is 0 Å². The first-order valence-electron chi connectivity index (χ1n) is 5.66. The largest absolute Gasteiger partial charge is 0.368 e. The number of nitrogens with one attached hydrogen (secondary N) is 1. The van der Waals surface area contributed by atoms with Crippen LogP contribution in [-0.4, -0.2) is 11.0 Å². The highest BCUT2D eigenvalue weighted by molar-refractivity contribution is 5.37. The zero-order valence-corrected chi connectivity index (χ0v) is 10.5. The summed E-state index contributed by atoms with van der Waals surface area (Å²) in [6.07, 6.45) is 3.08. The minimum Gasteiger partial charge on any atom is -0.368 e. The van der Waals surface area contributed by atoms with Crippen molar-refractivity contribution in [2.24, 2.45) is 0 Å². The SMILES string of the molecule is CCC(C)Nc1ccc(C(C)(C)C)cn1. The Labute approximate surface area is 93.1 Å². The van der Waals surface area contributed by atoms with Gasteiger partial charge in [0.1, 0.15) is 5.82 Å². The fourth-order valence-electron chi connectivity index (χ4n) is 1.28. The molecule has 1 atom stereocenters. The third kappa shape index (κ3) is 3.54. The lowest BCUT2D eigenvalue weighted by Crippen LogP contribution is -2.16. The Bertz CT molecular complexity index is 295. The maximum Gasteiger partial charge on any atom is 0.126 e. The number of hydrogen-bond donors (Lipinski definition) is 1. The summed E-state index contributed by atoms with van der Waals surface area (Å²) in [7, 11) is 0. The van der Waals surface area contributed by atoms with Crippen molar-refractivity contribution in [1.82, 2.24) is 4.98 Å². The summed E-state index contributed by atoms with van der Waals surface area (Å²) in [4.78, 5) is 4.42. The zero-order chi connectivity index (χ0) is 11.5. The summed E-state index contributed by atoms with van der Waals surface area (Å²) in [6.45, 7) is 10.9. The number of aromatic nitrogens is 1. The molecule has 1 N–H and O–H groups in total. The Morgan fingerprint density at radius 1 is 1.33 bits per heavy atom. The van der Waals surface area contributed by atoms with Crippen molar-refractivity contribution < 1.29 is 0 Å². The van der Waals surface area contributed by atoms with Crippen molar-refractivity contribution in [3.63, 3.8) is 0 Å². The van der Waals surface area contributed by atoms with Gasteiger partial charge in [0.15, 0.2) is 0 Å². The standard InChI is InChI=1S/C13H22N2/c1-6-10(2)15-12-8-7-11(9-14-12)13(3,4)5/h7-10H,6H2,1-5H3,(H,14,15). The van der Waals surface area contributed by atoms with Gasteiger partial charge in [0.2, 0.25) is 0 Å². The van der Waals surface area contributed by atoms with Crippen molar-refractivity contribution >= 4 is 5.82 Å². The van der Waals surface area contributed by atoms with Gasteiger partial charge in [0.25, 0.3) is 0 Å². The van der Waals surface area contributed by atoms with E-state index in [2.05, 4.69) is 57.1 Å². The first kappa shape index (κ1) is 12.0. The lowest BCUT2D eigenvalue weighted by molar-refractivity contribution is 0.587. The van der Waals surface area contributed by atoms with Crippen molar-refractivity contribution in [3.8, 4) is 0 Å². The molecule has 2 heteroatoms. The first-order chi connectivity index (χ1) is 6.93. The van der Waals surface area contributed by atoms with Gasteiger partial charge in [0, 0.05) is 12.2 Å². The van der Waals surface area contributed by atoms with Crippen LogP contribution >= 0.6 is 0 Å². The quantitative estimate of drug-likeness (QED) is 0.817. The smallest absolute Gasteiger partial charge is 0.126 e. The molecule has 0 radical (unpaired) electrons. The predicted octanol–water partition coefficient (Wildman–Crippen LogP) is 3.59. The van der Waals surface area contributed by atoms with Gasteiger partial charge in [0.05, 0.1) is 0 Å². The van der Waals surface area contributed by atoms with Crippen LogP contribution in [0, 0.1) is 0 Å². The second-order valence-electron chi connectivity index (χ2n) is 5.14. The van der Waals surface area contributed by atoms with Crippen LogP contribution in [0.2, 0.25) is 0 Å². The van der Waals surface area contributed by atoms with Crippen LogP contribution in [0.3, 0.4) is 0 Å². The molecule has 15 heavy (non-hydrogen) atoms. The third-order valence-electron chi connectivity index (χ3n) is 2.64. The van der Waals surface area contributed by atoms with E-state index in [4.69, 9.17) is 0 Å². The molecule has 0 saturated carbocycles. The minimum atomic E-state index is 0.182. The van der Waals surface area contributed by atoms with E-state index in [1.807, 2.05) is 6.20 Å². The molecule has 0 saturated heterocycles. The second kappa shape index (κ2) is 4.65. The molecule has 0 spiro atoms. The van der Waals surface area contributed by atoms with Gasteiger partial charge in [-0.15, -0.1) is 0 Å². The van der Waals surface area contributed by atoms with Gasteiger partial charge < -0.3 is 5.32 Å². The van der Waals surface area contributed by atoms with Crippen LogP contribution in [-0.2, 0) is 5.41 Å². The summed E-state index contributed by atoms with van der Waals surface area (Å²) in [6, 6.07) is 4.70. The number of pyridine rings is 1. The van der Waals surface area contributed by atoms with Crippen LogP contribution in [0.1, 0.15) is 46.6 Å². The highest BCUT2D eigenvalue weighted by atomic mass is 15.0. The van der Waals surface area contributed by atoms with E-state index < -0.39 is 0 Å². The van der Waals surface area contributed by atoms with Crippen molar-refractivity contribution in [2.75, 3.05) is 5.32 Å². The number of anilines is 1. The van der Waals surface area contributed by atoms with Gasteiger partial charge in [-0.2, -0.15) is 0 Å². The molecule has 0 fully saturated rings. The zero-order valence-electron chi connectivity index (χ0n) is 10.5. The fraction of sp³-hybridized carbons (Fsp3) is 0.615. The van der Waals surface area contributed by atoms with Crippen molar-refractivity contribution in [2.45, 2.75) is 52.5 Å². The Morgan fingerprint density at radius 2 is 2.00 bits per heavy atom. The number of rotatable bonds is 3. The van der Waals surface area contributed by atoms with Crippen molar-refractivity contribution in [1.29, 1.82) is 0 Å². The summed E-state index contributed by atoms with van der Waals surface area (Å²) in [5.41, 5.74) is 1.46. The molecule has 1 unspecified atom stereocenters. The average Bonchev–Trinajstić information content (AvgIpc) is 2.17. The van der Waals surface area contributed by atoms with Crippen LogP contribution < -0.4 is 5.32 Å². The molecule has 1 rings (SSSR count). The molecule has 0 aromatic carbocycles. The van der Waals surface area contributed by atoms with Gasteiger partial charge in [-0.1, -0.05) is 33.8 Å². The maximum absolute atomic E-state index is 4.42. The highest BCUT2D eigenvalue weighted by Crippen LogP contribution is 2.22. The number of nitrogens with zero attached hydrogens (tertiary/aromatic N) is 1. The lowest BCUT2D eigenvalue weighted by atomic mass is 9.88. The molecule has 0 bridgehead atoms. The Hall–Kier alpha value is -1.05. The van der Waals surface area contributed by atoms with E-state index in [1.54, 1.807) is 0 Å². The van der Waals surface area contributed by atoms with Gasteiger partial charge in [-0.3, -0.25) is 0 Å². The minimum absolute atomic E-state index is 0.182. The Morgan fingerprint density at radius 3 is 2.40 bits per heavy atom. The first-order valence-corrected chi connectivity index (χ1v) is 5.66. The van der Waals surface area contributed by atoms with Crippen LogP contribution in [0.25, 0.3) is 0 Å². The molecular formula is C13H22N2. The average molecular weight is 206 g/mol.